The van der Waals surface area contributed by atoms with Crippen LogP contribution in [-0.4, -0.2) is 19.1 Å². The molecule has 0 saturated heterocycles. The van der Waals surface area contributed by atoms with E-state index < -0.39 is 0 Å². The van der Waals surface area contributed by atoms with Crippen molar-refractivity contribution in [1.29, 1.82) is 0 Å². The largest absolute Gasteiger partial charge is 0.497 e. The van der Waals surface area contributed by atoms with Crippen molar-refractivity contribution in [2.75, 3.05) is 12.4 Å². The molecule has 0 heterocycles. The number of amides is 1. The monoisotopic (exact) mass is 311 g/mol. The van der Waals surface area contributed by atoms with E-state index in [9.17, 15) is 4.79 Å². The molecule has 1 fully saturated rings. The number of hydrogen-bond donors (Lipinski definition) is 1. The Bertz CT molecular complexity index is 643. The Morgan fingerprint density at radius 1 is 0.957 bits per heavy atom. The van der Waals surface area contributed by atoms with Gasteiger partial charge < -0.3 is 14.8 Å². The van der Waals surface area contributed by atoms with Crippen LogP contribution in [0.4, 0.5) is 5.69 Å². The van der Waals surface area contributed by atoms with Gasteiger partial charge in [0.2, 0.25) is 0 Å². The first-order chi connectivity index (χ1) is 11.2. The summed E-state index contributed by atoms with van der Waals surface area (Å²) < 4.78 is 11.0. The first kappa shape index (κ1) is 15.4. The number of benzene rings is 2. The molecule has 120 valence electrons. The second kappa shape index (κ2) is 7.18. The van der Waals surface area contributed by atoms with Crippen molar-refractivity contribution >= 4 is 11.6 Å². The quantitative estimate of drug-likeness (QED) is 0.897. The Hall–Kier alpha value is -2.49. The Morgan fingerprint density at radius 2 is 1.57 bits per heavy atom. The fraction of sp³-hybridized carbons (Fsp3) is 0.316. The van der Waals surface area contributed by atoms with E-state index in [4.69, 9.17) is 9.47 Å². The molecule has 1 amide bonds. The number of hydrogen-bond acceptors (Lipinski definition) is 3. The van der Waals surface area contributed by atoms with Crippen LogP contribution in [0.2, 0.25) is 0 Å². The number of methoxy groups -OCH3 is 1. The van der Waals surface area contributed by atoms with Crippen molar-refractivity contribution in [2.24, 2.45) is 0 Å². The second-order valence-corrected chi connectivity index (χ2v) is 5.73. The van der Waals surface area contributed by atoms with E-state index >= 15 is 0 Å². The van der Waals surface area contributed by atoms with Gasteiger partial charge >= 0.3 is 0 Å². The molecule has 0 spiro atoms. The smallest absolute Gasteiger partial charge is 0.255 e. The van der Waals surface area contributed by atoms with E-state index in [2.05, 4.69) is 5.32 Å². The minimum Gasteiger partial charge on any atom is -0.497 e. The molecule has 0 atom stereocenters. The summed E-state index contributed by atoms with van der Waals surface area (Å²) in [4.78, 5) is 12.2. The molecule has 2 aromatic rings. The van der Waals surface area contributed by atoms with E-state index in [0.29, 0.717) is 11.7 Å². The average Bonchev–Trinajstić information content (AvgIpc) is 3.10. The van der Waals surface area contributed by atoms with Gasteiger partial charge in [-0.25, -0.2) is 0 Å². The highest BCUT2D eigenvalue weighted by Crippen LogP contribution is 2.25. The third-order valence-corrected chi connectivity index (χ3v) is 4.07. The zero-order chi connectivity index (χ0) is 16.1. The maximum absolute atomic E-state index is 12.2. The van der Waals surface area contributed by atoms with Crippen molar-refractivity contribution < 1.29 is 14.3 Å². The first-order valence-electron chi connectivity index (χ1n) is 7.97. The van der Waals surface area contributed by atoms with Gasteiger partial charge in [-0.15, -0.1) is 0 Å². The third kappa shape index (κ3) is 4.03. The van der Waals surface area contributed by atoms with Crippen molar-refractivity contribution in [1.82, 2.24) is 0 Å². The van der Waals surface area contributed by atoms with Gasteiger partial charge in [0, 0.05) is 11.3 Å². The fourth-order valence-corrected chi connectivity index (χ4v) is 2.76. The van der Waals surface area contributed by atoms with Crippen LogP contribution in [0.15, 0.2) is 48.5 Å². The van der Waals surface area contributed by atoms with E-state index in [1.54, 1.807) is 31.4 Å². The second-order valence-electron chi connectivity index (χ2n) is 5.73. The minimum absolute atomic E-state index is 0.142. The van der Waals surface area contributed by atoms with Gasteiger partial charge in [-0.3, -0.25) is 4.79 Å². The lowest BCUT2D eigenvalue weighted by molar-refractivity contribution is 0.102. The fourth-order valence-electron chi connectivity index (χ4n) is 2.76. The molecule has 0 radical (unpaired) electrons. The highest BCUT2D eigenvalue weighted by atomic mass is 16.5. The molecule has 3 rings (SSSR count). The molecule has 1 aliphatic carbocycles. The number of anilines is 1. The highest BCUT2D eigenvalue weighted by Gasteiger charge is 2.16. The van der Waals surface area contributed by atoms with Crippen LogP contribution in [0.25, 0.3) is 0 Å². The zero-order valence-electron chi connectivity index (χ0n) is 13.2. The van der Waals surface area contributed by atoms with E-state index in [-0.39, 0.29) is 5.91 Å². The Balaban J connectivity index is 1.59. The Kier molecular flexibility index (Phi) is 4.81. The highest BCUT2D eigenvalue weighted by molar-refractivity contribution is 6.04. The number of nitrogens with one attached hydrogen (secondary N) is 1. The Labute approximate surface area is 136 Å². The van der Waals surface area contributed by atoms with Crippen LogP contribution in [0.3, 0.4) is 0 Å². The number of ether oxygens (including phenoxy) is 2. The molecule has 2 aromatic carbocycles. The molecule has 0 unspecified atom stereocenters. The SMILES string of the molecule is COc1ccc(C(=O)Nc2ccc(OC3CCCC3)cc2)cc1. The molecule has 1 N–H and O–H groups in total. The predicted octanol–water partition coefficient (Wildman–Crippen LogP) is 4.27. The lowest BCUT2D eigenvalue weighted by Gasteiger charge is -2.13. The summed E-state index contributed by atoms with van der Waals surface area (Å²) in [5, 5.41) is 2.88. The number of rotatable bonds is 5. The molecule has 1 aliphatic rings. The van der Waals surface area contributed by atoms with Crippen molar-refractivity contribution in [2.45, 2.75) is 31.8 Å². The molecule has 0 bridgehead atoms. The van der Waals surface area contributed by atoms with Crippen LogP contribution < -0.4 is 14.8 Å². The van der Waals surface area contributed by atoms with Gasteiger partial charge in [-0.2, -0.15) is 0 Å². The average molecular weight is 311 g/mol. The maximum atomic E-state index is 12.2. The summed E-state index contributed by atoms with van der Waals surface area (Å²) in [6.45, 7) is 0. The Morgan fingerprint density at radius 3 is 2.17 bits per heavy atom. The van der Waals surface area contributed by atoms with E-state index in [1.165, 1.54) is 12.8 Å². The predicted molar refractivity (Wildman–Crippen MR) is 90.3 cm³/mol. The molecule has 1 saturated carbocycles. The standard InChI is InChI=1S/C19H21NO3/c1-22-16-10-6-14(7-11-16)19(21)20-15-8-12-18(13-9-15)23-17-4-2-3-5-17/h6-13,17H,2-5H2,1H3,(H,20,21). The van der Waals surface area contributed by atoms with Crippen molar-refractivity contribution in [3.8, 4) is 11.5 Å². The molecular formula is C19H21NO3. The topological polar surface area (TPSA) is 47.6 Å². The lowest BCUT2D eigenvalue weighted by Crippen LogP contribution is -2.12. The molecule has 4 heteroatoms. The third-order valence-electron chi connectivity index (χ3n) is 4.07. The summed E-state index contributed by atoms with van der Waals surface area (Å²) in [5.41, 5.74) is 1.35. The summed E-state index contributed by atoms with van der Waals surface area (Å²) in [7, 11) is 1.60. The number of carbonyl (C=O) groups excluding carboxylic acids is 1. The molecule has 4 nitrogen and oxygen atoms in total. The van der Waals surface area contributed by atoms with Crippen molar-refractivity contribution in [3.05, 3.63) is 54.1 Å². The summed E-state index contributed by atoms with van der Waals surface area (Å²) in [6, 6.07) is 14.6. The van der Waals surface area contributed by atoms with Crippen LogP contribution in [0.1, 0.15) is 36.0 Å². The summed E-state index contributed by atoms with van der Waals surface area (Å²) in [5.74, 6) is 1.45. The minimum atomic E-state index is -0.142. The normalized spacial score (nSPS) is 14.5. The van der Waals surface area contributed by atoms with Gasteiger partial charge in [-0.1, -0.05) is 0 Å². The number of carbonyl (C=O) groups is 1. The van der Waals surface area contributed by atoms with Crippen LogP contribution >= 0.6 is 0 Å². The van der Waals surface area contributed by atoms with Crippen LogP contribution in [0.5, 0.6) is 11.5 Å². The first-order valence-corrected chi connectivity index (χ1v) is 7.97. The van der Waals surface area contributed by atoms with Gasteiger partial charge in [0.05, 0.1) is 13.2 Å². The lowest BCUT2D eigenvalue weighted by atomic mass is 10.2. The molecule has 23 heavy (non-hydrogen) atoms. The van der Waals surface area contributed by atoms with Crippen LogP contribution in [-0.2, 0) is 0 Å². The zero-order valence-corrected chi connectivity index (χ0v) is 13.2. The van der Waals surface area contributed by atoms with E-state index in [0.717, 1.165) is 30.0 Å². The van der Waals surface area contributed by atoms with Crippen LogP contribution in [0, 0.1) is 0 Å². The molecule has 0 aromatic heterocycles. The van der Waals surface area contributed by atoms with Gasteiger partial charge in [0.25, 0.3) is 5.91 Å². The molecule has 0 aliphatic heterocycles. The summed E-state index contributed by atoms with van der Waals surface area (Å²) >= 11 is 0. The maximum Gasteiger partial charge on any atom is 0.255 e. The van der Waals surface area contributed by atoms with E-state index in [1.807, 2.05) is 24.3 Å². The molecular weight excluding hydrogens is 290 g/mol. The van der Waals surface area contributed by atoms with Gasteiger partial charge in [0.15, 0.2) is 0 Å². The summed E-state index contributed by atoms with van der Waals surface area (Å²) in [6.07, 6.45) is 5.11. The van der Waals surface area contributed by atoms with Gasteiger partial charge in [-0.05, 0) is 74.2 Å². The van der Waals surface area contributed by atoms with Crippen molar-refractivity contribution in [3.63, 3.8) is 0 Å². The van der Waals surface area contributed by atoms with Gasteiger partial charge in [0.1, 0.15) is 11.5 Å².